The molecule has 0 aliphatic rings. The van der Waals surface area contributed by atoms with Gasteiger partial charge in [0.1, 0.15) is 0 Å². The Bertz CT molecular complexity index is 967. The fourth-order valence-corrected chi connectivity index (χ4v) is 3.18. The molecule has 0 saturated heterocycles. The summed E-state index contributed by atoms with van der Waals surface area (Å²) in [7, 11) is 3.27. The van der Waals surface area contributed by atoms with Crippen LogP contribution in [0.1, 0.15) is 18.1 Å². The second-order valence-corrected chi connectivity index (χ2v) is 6.55. The Morgan fingerprint density at radius 1 is 1.00 bits per heavy atom. The van der Waals surface area contributed by atoms with Gasteiger partial charge in [-0.1, -0.05) is 30.3 Å². The van der Waals surface area contributed by atoms with E-state index in [4.69, 9.17) is 14.5 Å². The van der Waals surface area contributed by atoms with Crippen molar-refractivity contribution >= 4 is 16.9 Å². The first-order valence-electron chi connectivity index (χ1n) is 9.81. The summed E-state index contributed by atoms with van der Waals surface area (Å²) in [6.45, 7) is 4.18. The monoisotopic (exact) mass is 392 g/mol. The number of aliphatic imine (C=N–C) groups is 1. The topological polar surface area (TPSA) is 67.8 Å². The van der Waals surface area contributed by atoms with Gasteiger partial charge in [0.2, 0.25) is 0 Å². The second-order valence-electron chi connectivity index (χ2n) is 6.55. The molecule has 2 N–H and O–H groups in total. The Morgan fingerprint density at radius 2 is 1.83 bits per heavy atom. The summed E-state index contributed by atoms with van der Waals surface area (Å²) in [6, 6.07) is 16.2. The van der Waals surface area contributed by atoms with Gasteiger partial charge in [-0.05, 0) is 42.7 Å². The maximum Gasteiger partial charge on any atom is 0.191 e. The van der Waals surface area contributed by atoms with Crippen molar-refractivity contribution < 1.29 is 9.47 Å². The highest BCUT2D eigenvalue weighted by Crippen LogP contribution is 2.27. The van der Waals surface area contributed by atoms with Crippen molar-refractivity contribution in [3.8, 4) is 11.5 Å². The second kappa shape index (κ2) is 10.3. The number of methoxy groups -OCH3 is 2. The molecule has 0 amide bonds. The molecular weight excluding hydrogens is 364 g/mol. The summed E-state index contributed by atoms with van der Waals surface area (Å²) < 4.78 is 10.7. The molecular formula is C23H28N4O2. The molecule has 3 aromatic rings. The fraction of sp³-hybridized carbons (Fsp3) is 0.304. The van der Waals surface area contributed by atoms with Crippen LogP contribution in [0.4, 0.5) is 0 Å². The summed E-state index contributed by atoms with van der Waals surface area (Å²) in [5.41, 5.74) is 3.34. The van der Waals surface area contributed by atoms with E-state index >= 15 is 0 Å². The van der Waals surface area contributed by atoms with E-state index in [1.165, 1.54) is 10.9 Å². The first-order chi connectivity index (χ1) is 14.2. The number of nitrogens with one attached hydrogen (secondary N) is 2. The Hall–Kier alpha value is -3.28. The van der Waals surface area contributed by atoms with Crippen LogP contribution in [-0.4, -0.2) is 38.3 Å². The molecule has 0 aliphatic heterocycles. The van der Waals surface area contributed by atoms with E-state index in [1.807, 2.05) is 30.5 Å². The van der Waals surface area contributed by atoms with E-state index < -0.39 is 0 Å². The van der Waals surface area contributed by atoms with Crippen LogP contribution in [0.15, 0.2) is 59.7 Å². The molecule has 6 heteroatoms. The van der Waals surface area contributed by atoms with E-state index in [-0.39, 0.29) is 0 Å². The molecule has 0 aliphatic carbocycles. The number of hydrogen-bond donors (Lipinski definition) is 2. The maximum atomic E-state index is 5.37. The van der Waals surface area contributed by atoms with E-state index in [2.05, 4.69) is 46.8 Å². The van der Waals surface area contributed by atoms with E-state index in [0.717, 1.165) is 36.6 Å². The minimum Gasteiger partial charge on any atom is -0.493 e. The molecule has 0 radical (unpaired) electrons. The van der Waals surface area contributed by atoms with Gasteiger partial charge in [0.15, 0.2) is 17.5 Å². The molecule has 0 spiro atoms. The molecule has 29 heavy (non-hydrogen) atoms. The van der Waals surface area contributed by atoms with E-state index in [1.54, 1.807) is 14.2 Å². The standard InChI is InChI=1S/C23H28N4O2/c1-4-24-23(27-16-17-10-11-20(28-2)21(15-17)29-3)26-14-12-19-8-5-7-18-9-6-13-25-22(18)19/h5-11,13,15H,4,12,14,16H2,1-3H3,(H2,24,26,27). The van der Waals surface area contributed by atoms with Crippen LogP contribution >= 0.6 is 0 Å². The molecule has 2 aromatic carbocycles. The summed E-state index contributed by atoms with van der Waals surface area (Å²) >= 11 is 0. The molecule has 6 nitrogen and oxygen atoms in total. The lowest BCUT2D eigenvalue weighted by atomic mass is 10.1. The number of ether oxygens (including phenoxy) is 2. The van der Waals surface area contributed by atoms with Gasteiger partial charge in [-0.25, -0.2) is 4.99 Å². The largest absolute Gasteiger partial charge is 0.493 e. The molecule has 0 atom stereocenters. The first kappa shape index (κ1) is 20.5. The summed E-state index contributed by atoms with van der Waals surface area (Å²) in [5.74, 6) is 2.21. The van der Waals surface area contributed by atoms with Gasteiger partial charge in [0.25, 0.3) is 0 Å². The van der Waals surface area contributed by atoms with Crippen LogP contribution in [0, 0.1) is 0 Å². The predicted molar refractivity (Wildman–Crippen MR) is 118 cm³/mol. The van der Waals surface area contributed by atoms with Crippen molar-refractivity contribution in [3.63, 3.8) is 0 Å². The number of hydrogen-bond acceptors (Lipinski definition) is 4. The molecule has 0 unspecified atom stereocenters. The van der Waals surface area contributed by atoms with Crippen LogP contribution < -0.4 is 20.1 Å². The zero-order valence-corrected chi connectivity index (χ0v) is 17.2. The molecule has 1 aromatic heterocycles. The predicted octanol–water partition coefficient (Wildman–Crippen LogP) is 3.55. The highest BCUT2D eigenvalue weighted by atomic mass is 16.5. The normalized spacial score (nSPS) is 11.3. The number of nitrogens with zero attached hydrogens (tertiary/aromatic N) is 2. The number of guanidine groups is 1. The van der Waals surface area contributed by atoms with Crippen LogP contribution in [0.3, 0.4) is 0 Å². The third kappa shape index (κ3) is 5.38. The number of aromatic nitrogens is 1. The van der Waals surface area contributed by atoms with Crippen molar-refractivity contribution in [1.29, 1.82) is 0 Å². The molecule has 0 fully saturated rings. The van der Waals surface area contributed by atoms with Gasteiger partial charge in [0.05, 0.1) is 26.3 Å². The summed E-state index contributed by atoms with van der Waals surface area (Å²) in [6.07, 6.45) is 2.71. The molecule has 0 bridgehead atoms. The average Bonchev–Trinajstić information content (AvgIpc) is 2.77. The van der Waals surface area contributed by atoms with Crippen LogP contribution in [0.2, 0.25) is 0 Å². The van der Waals surface area contributed by atoms with Gasteiger partial charge in [-0.2, -0.15) is 0 Å². The van der Waals surface area contributed by atoms with Crippen LogP contribution in [0.5, 0.6) is 11.5 Å². The van der Waals surface area contributed by atoms with E-state index in [0.29, 0.717) is 18.0 Å². The lowest BCUT2D eigenvalue weighted by Crippen LogP contribution is -2.38. The highest BCUT2D eigenvalue weighted by molar-refractivity contribution is 5.82. The zero-order chi connectivity index (χ0) is 20.5. The minimum absolute atomic E-state index is 0.547. The third-order valence-electron chi connectivity index (χ3n) is 4.61. The van der Waals surface area contributed by atoms with Gasteiger partial charge in [-0.3, -0.25) is 4.98 Å². The third-order valence-corrected chi connectivity index (χ3v) is 4.61. The summed E-state index contributed by atoms with van der Waals surface area (Å²) in [4.78, 5) is 9.22. The van der Waals surface area contributed by atoms with Gasteiger partial charge < -0.3 is 20.1 Å². The SMILES string of the molecule is CCNC(=NCc1ccc(OC)c(OC)c1)NCCc1cccc2cccnc12. The molecule has 0 saturated carbocycles. The van der Waals surface area contributed by atoms with Crippen LogP contribution in [0.25, 0.3) is 10.9 Å². The maximum absolute atomic E-state index is 5.37. The lowest BCUT2D eigenvalue weighted by molar-refractivity contribution is 0.354. The number of para-hydroxylation sites is 1. The van der Waals surface area contributed by atoms with Gasteiger partial charge >= 0.3 is 0 Å². The number of fused-ring (bicyclic) bond motifs is 1. The fourth-order valence-electron chi connectivity index (χ4n) is 3.18. The lowest BCUT2D eigenvalue weighted by Gasteiger charge is -2.13. The number of pyridine rings is 1. The van der Waals surface area contributed by atoms with Gasteiger partial charge in [-0.15, -0.1) is 0 Å². The van der Waals surface area contributed by atoms with Crippen molar-refractivity contribution in [3.05, 3.63) is 65.9 Å². The van der Waals surface area contributed by atoms with Crippen LogP contribution in [-0.2, 0) is 13.0 Å². The van der Waals surface area contributed by atoms with Crippen molar-refractivity contribution in [2.75, 3.05) is 27.3 Å². The molecule has 1 heterocycles. The first-order valence-corrected chi connectivity index (χ1v) is 9.81. The number of rotatable bonds is 8. The molecule has 152 valence electrons. The minimum atomic E-state index is 0.547. The van der Waals surface area contributed by atoms with Crippen molar-refractivity contribution in [2.24, 2.45) is 4.99 Å². The summed E-state index contributed by atoms with van der Waals surface area (Å²) in [5, 5.41) is 7.87. The van der Waals surface area contributed by atoms with Gasteiger partial charge in [0, 0.05) is 24.7 Å². The molecule has 3 rings (SSSR count). The Balaban J connectivity index is 1.64. The zero-order valence-electron chi connectivity index (χ0n) is 17.2. The Morgan fingerprint density at radius 3 is 2.62 bits per heavy atom. The smallest absolute Gasteiger partial charge is 0.191 e. The quantitative estimate of drug-likeness (QED) is 0.453. The van der Waals surface area contributed by atoms with Crippen molar-refractivity contribution in [1.82, 2.24) is 15.6 Å². The van der Waals surface area contributed by atoms with Crippen molar-refractivity contribution in [2.45, 2.75) is 19.9 Å². The Labute approximate surface area is 172 Å². The number of benzene rings is 2. The van der Waals surface area contributed by atoms with E-state index in [9.17, 15) is 0 Å². The highest BCUT2D eigenvalue weighted by Gasteiger charge is 2.06. The average molecular weight is 393 g/mol. The Kier molecular flexibility index (Phi) is 7.28.